The van der Waals surface area contributed by atoms with Crippen molar-refractivity contribution in [3.05, 3.63) is 76.1 Å². The van der Waals surface area contributed by atoms with Crippen molar-refractivity contribution in [1.82, 2.24) is 14.9 Å². The van der Waals surface area contributed by atoms with Crippen LogP contribution >= 0.6 is 22.9 Å². The van der Waals surface area contributed by atoms with Gasteiger partial charge in [0.2, 0.25) is 0 Å². The van der Waals surface area contributed by atoms with Gasteiger partial charge >= 0.3 is 0 Å². The number of thiophene rings is 1. The average Bonchev–Trinajstić information content (AvgIpc) is 3.29. The molecule has 2 aromatic heterocycles. The Morgan fingerprint density at radius 2 is 2.03 bits per heavy atom. The van der Waals surface area contributed by atoms with Crippen molar-refractivity contribution < 1.29 is 13.3 Å². The van der Waals surface area contributed by atoms with E-state index in [0.717, 1.165) is 50.9 Å². The Hall–Kier alpha value is -3.03. The normalized spacial score (nSPS) is 14.4. The summed E-state index contributed by atoms with van der Waals surface area (Å²) in [5.41, 5.74) is 1.47. The van der Waals surface area contributed by atoms with E-state index in [2.05, 4.69) is 32.0 Å². The molecule has 0 radical (unpaired) electrons. The lowest BCUT2D eigenvalue weighted by Crippen LogP contribution is -2.37. The van der Waals surface area contributed by atoms with Crippen LogP contribution in [-0.2, 0) is 17.4 Å². The Morgan fingerprint density at radius 1 is 1.17 bits per heavy atom. The Labute approximate surface area is 219 Å². The topological polar surface area (TPSA) is 67.4 Å². The monoisotopic (exact) mass is 540 g/mol. The molecule has 1 aliphatic heterocycles. The number of fused-ring (bicyclic) bond motifs is 1. The first-order valence-corrected chi connectivity index (χ1v) is 14.0. The van der Waals surface area contributed by atoms with Crippen molar-refractivity contribution in [2.45, 2.75) is 6.61 Å². The summed E-state index contributed by atoms with van der Waals surface area (Å²) in [6, 6.07) is 13.6. The highest BCUT2D eigenvalue weighted by molar-refractivity contribution is 7.85. The van der Waals surface area contributed by atoms with Crippen LogP contribution in [0.5, 0.6) is 5.75 Å². The minimum Gasteiger partial charge on any atom is -0.487 e. The molecule has 36 heavy (non-hydrogen) atoms. The fraction of sp³-hybridized carbons (Fsp3) is 0.231. The Bertz CT molecular complexity index is 1470. The maximum Gasteiger partial charge on any atom is 0.142 e. The molecule has 4 aromatic rings. The van der Waals surface area contributed by atoms with Gasteiger partial charge in [-0.1, -0.05) is 35.6 Å². The molecule has 1 aliphatic rings. The number of halogens is 2. The summed E-state index contributed by atoms with van der Waals surface area (Å²) in [6.45, 7) is 2.52. The molecule has 0 atom stereocenters. The van der Waals surface area contributed by atoms with Crippen LogP contribution in [0.15, 0.2) is 54.9 Å². The van der Waals surface area contributed by atoms with Crippen LogP contribution in [0, 0.1) is 17.7 Å². The lowest BCUT2D eigenvalue weighted by Gasteiger charge is -2.23. The van der Waals surface area contributed by atoms with Crippen LogP contribution in [0.25, 0.3) is 10.2 Å². The van der Waals surface area contributed by atoms with E-state index in [1.807, 2.05) is 12.1 Å². The van der Waals surface area contributed by atoms with Gasteiger partial charge in [0, 0.05) is 41.1 Å². The number of nitrogens with zero attached hydrogens (tertiary/aromatic N) is 3. The highest BCUT2D eigenvalue weighted by Gasteiger charge is 2.14. The third kappa shape index (κ3) is 6.20. The zero-order valence-corrected chi connectivity index (χ0v) is 21.6. The molecular weight excluding hydrogens is 519 g/mol. The van der Waals surface area contributed by atoms with Gasteiger partial charge in [0.15, 0.2) is 0 Å². The minimum absolute atomic E-state index is 0.215. The standard InChI is InChI=1S/C26H22ClFN4O2S2/c27-23-14-20(6-7-24(23)34-16-18-3-1-4-19(28)13-18)31-25-22-15-21(35-26(22)30-17-29-25)5-2-8-32-9-11-36(33)12-10-32/h1,3-4,6-7,13-15,17H,8-12,16H2,(H,29,30,31). The molecule has 1 N–H and O–H groups in total. The number of nitrogens with one attached hydrogen (secondary N) is 1. The number of aromatic nitrogens is 2. The first-order valence-electron chi connectivity index (χ1n) is 11.3. The highest BCUT2D eigenvalue weighted by Crippen LogP contribution is 2.33. The first-order chi connectivity index (χ1) is 17.5. The van der Waals surface area contributed by atoms with E-state index in [4.69, 9.17) is 16.3 Å². The van der Waals surface area contributed by atoms with E-state index < -0.39 is 10.8 Å². The van der Waals surface area contributed by atoms with Crippen LogP contribution in [0.2, 0.25) is 5.02 Å². The molecule has 0 spiro atoms. The minimum atomic E-state index is -0.683. The van der Waals surface area contributed by atoms with Gasteiger partial charge in [-0.25, -0.2) is 14.4 Å². The van der Waals surface area contributed by atoms with Crippen molar-refractivity contribution in [2.24, 2.45) is 0 Å². The summed E-state index contributed by atoms with van der Waals surface area (Å²) in [4.78, 5) is 12.8. The van der Waals surface area contributed by atoms with Crippen molar-refractivity contribution in [1.29, 1.82) is 0 Å². The molecular formula is C26H22ClFN4O2S2. The zero-order valence-electron chi connectivity index (χ0n) is 19.2. The Morgan fingerprint density at radius 3 is 2.83 bits per heavy atom. The third-order valence-corrected chi connectivity index (χ3v) is 8.12. The second kappa shape index (κ2) is 11.4. The van der Waals surface area contributed by atoms with Crippen molar-refractivity contribution in [2.75, 3.05) is 36.5 Å². The summed E-state index contributed by atoms with van der Waals surface area (Å²) in [5.74, 6) is 8.75. The number of ether oxygens (including phenoxy) is 1. The van der Waals surface area contributed by atoms with Crippen molar-refractivity contribution >= 4 is 55.5 Å². The summed E-state index contributed by atoms with van der Waals surface area (Å²) in [5, 5.41) is 4.61. The Kier molecular flexibility index (Phi) is 7.78. The molecule has 0 aliphatic carbocycles. The number of hydrogen-bond donors (Lipinski definition) is 1. The molecule has 1 saturated heterocycles. The molecule has 2 aromatic carbocycles. The van der Waals surface area contributed by atoms with Gasteiger partial charge in [-0.05, 0) is 42.0 Å². The van der Waals surface area contributed by atoms with Crippen LogP contribution < -0.4 is 10.1 Å². The van der Waals surface area contributed by atoms with Crippen LogP contribution in [0.3, 0.4) is 0 Å². The van der Waals surface area contributed by atoms with Gasteiger partial charge in [-0.2, -0.15) is 0 Å². The maximum absolute atomic E-state index is 13.4. The Balaban J connectivity index is 1.26. The van der Waals surface area contributed by atoms with E-state index >= 15 is 0 Å². The van der Waals surface area contributed by atoms with Crippen molar-refractivity contribution in [3.8, 4) is 17.6 Å². The van der Waals surface area contributed by atoms with Gasteiger partial charge in [0.1, 0.15) is 35.1 Å². The van der Waals surface area contributed by atoms with Crippen molar-refractivity contribution in [3.63, 3.8) is 0 Å². The lowest BCUT2D eigenvalue weighted by molar-refractivity contribution is 0.306. The lowest BCUT2D eigenvalue weighted by atomic mass is 10.2. The predicted octanol–water partition coefficient (Wildman–Crippen LogP) is 5.22. The predicted molar refractivity (Wildman–Crippen MR) is 144 cm³/mol. The molecule has 1 fully saturated rings. The SMILES string of the molecule is O=S1CCN(CC#Cc2cc3c(Nc4ccc(OCc5cccc(F)c5)c(Cl)c4)ncnc3s2)CC1. The number of hydrogen-bond acceptors (Lipinski definition) is 7. The van der Waals surface area contributed by atoms with Crippen LogP contribution in [0.1, 0.15) is 10.4 Å². The molecule has 0 unspecified atom stereocenters. The second-order valence-electron chi connectivity index (χ2n) is 8.17. The summed E-state index contributed by atoms with van der Waals surface area (Å²) in [7, 11) is -0.683. The molecule has 0 saturated carbocycles. The molecule has 6 nitrogen and oxygen atoms in total. The number of anilines is 2. The molecule has 184 valence electrons. The summed E-state index contributed by atoms with van der Waals surface area (Å²) in [6.07, 6.45) is 1.52. The fourth-order valence-electron chi connectivity index (χ4n) is 3.71. The highest BCUT2D eigenvalue weighted by atomic mass is 35.5. The van der Waals surface area contributed by atoms with Crippen LogP contribution in [-0.4, -0.2) is 50.2 Å². The summed E-state index contributed by atoms with van der Waals surface area (Å²) >= 11 is 7.95. The molecule has 0 bridgehead atoms. The van der Waals surface area contributed by atoms with Gasteiger partial charge < -0.3 is 10.1 Å². The van der Waals surface area contributed by atoms with Gasteiger partial charge in [0.25, 0.3) is 0 Å². The van der Waals surface area contributed by atoms with Gasteiger partial charge in [-0.15, -0.1) is 11.3 Å². The average molecular weight is 541 g/mol. The van der Waals surface area contributed by atoms with Gasteiger partial charge in [0.05, 0.1) is 21.8 Å². The molecule has 10 heteroatoms. The second-order valence-corrected chi connectivity index (χ2v) is 11.3. The largest absolute Gasteiger partial charge is 0.487 e. The zero-order chi connectivity index (χ0) is 24.9. The first kappa shape index (κ1) is 24.7. The van der Waals surface area contributed by atoms with E-state index in [0.29, 0.717) is 23.1 Å². The van der Waals surface area contributed by atoms with E-state index in [-0.39, 0.29) is 12.4 Å². The maximum atomic E-state index is 13.4. The summed E-state index contributed by atoms with van der Waals surface area (Å²) < 4.78 is 30.6. The molecule has 0 amide bonds. The third-order valence-electron chi connectivity index (χ3n) is 5.59. The smallest absolute Gasteiger partial charge is 0.142 e. The number of rotatable bonds is 6. The molecule has 5 rings (SSSR count). The number of benzene rings is 2. The molecule has 3 heterocycles. The van der Waals surface area contributed by atoms with E-state index in [1.165, 1.54) is 29.8 Å². The van der Waals surface area contributed by atoms with Crippen LogP contribution in [0.4, 0.5) is 15.9 Å². The quantitative estimate of drug-likeness (QED) is 0.338. The fourth-order valence-corrected chi connectivity index (χ4v) is 5.95. The van der Waals surface area contributed by atoms with E-state index in [1.54, 1.807) is 24.3 Å². The van der Waals surface area contributed by atoms with Gasteiger partial charge in [-0.3, -0.25) is 9.11 Å². The van der Waals surface area contributed by atoms with E-state index in [9.17, 15) is 8.60 Å².